The van der Waals surface area contributed by atoms with E-state index in [0.717, 1.165) is 11.8 Å². The summed E-state index contributed by atoms with van der Waals surface area (Å²) in [6, 6.07) is 14.1. The molecule has 11 heteroatoms. The van der Waals surface area contributed by atoms with Crippen LogP contribution in [0.3, 0.4) is 0 Å². The summed E-state index contributed by atoms with van der Waals surface area (Å²) >= 11 is 8.64. The maximum absolute atomic E-state index is 12.2. The number of benzene rings is 2. The lowest BCUT2D eigenvalue weighted by molar-refractivity contribution is -0.113. The fourth-order valence-corrected chi connectivity index (χ4v) is 4.62. The van der Waals surface area contributed by atoms with E-state index in [0.29, 0.717) is 16.0 Å². The van der Waals surface area contributed by atoms with Crippen molar-refractivity contribution >= 4 is 61.3 Å². The zero-order valence-corrected chi connectivity index (χ0v) is 18.5. The van der Waals surface area contributed by atoms with E-state index >= 15 is 0 Å². The summed E-state index contributed by atoms with van der Waals surface area (Å²) in [5.41, 5.74) is 1.38. The van der Waals surface area contributed by atoms with E-state index in [4.69, 9.17) is 11.6 Å². The Morgan fingerprint density at radius 2 is 1.93 bits per heavy atom. The summed E-state index contributed by atoms with van der Waals surface area (Å²) in [4.78, 5) is 12.3. The van der Waals surface area contributed by atoms with Gasteiger partial charge in [-0.05, 0) is 23.8 Å². The molecule has 0 bridgehead atoms. The molecule has 0 aliphatic heterocycles. The monoisotopic (exact) mass is 468 g/mol. The maximum atomic E-state index is 12.2. The number of carbonyl (C=O) groups is 1. The van der Waals surface area contributed by atoms with Gasteiger partial charge in [0.1, 0.15) is 0 Å². The van der Waals surface area contributed by atoms with Crippen molar-refractivity contribution in [3.63, 3.8) is 0 Å². The van der Waals surface area contributed by atoms with E-state index in [1.54, 1.807) is 0 Å². The molecule has 1 aromatic heterocycles. The van der Waals surface area contributed by atoms with Crippen molar-refractivity contribution in [2.24, 2.45) is 0 Å². The van der Waals surface area contributed by atoms with Crippen molar-refractivity contribution in [1.82, 2.24) is 10.2 Å². The molecule has 2 aromatic carbocycles. The van der Waals surface area contributed by atoms with Crippen LogP contribution < -0.4 is 10.6 Å². The molecule has 0 atom stereocenters. The van der Waals surface area contributed by atoms with E-state index < -0.39 is 9.84 Å². The second-order valence-electron chi connectivity index (χ2n) is 5.96. The van der Waals surface area contributed by atoms with Crippen molar-refractivity contribution in [2.75, 3.05) is 22.6 Å². The number of amides is 1. The Labute approximate surface area is 181 Å². The minimum absolute atomic E-state index is 0.0862. The van der Waals surface area contributed by atoms with Gasteiger partial charge in [-0.25, -0.2) is 8.42 Å². The first kappa shape index (κ1) is 21.6. The molecule has 0 saturated heterocycles. The van der Waals surface area contributed by atoms with Gasteiger partial charge in [0.15, 0.2) is 14.2 Å². The zero-order valence-electron chi connectivity index (χ0n) is 15.3. The Balaban J connectivity index is 1.53. The summed E-state index contributed by atoms with van der Waals surface area (Å²) < 4.78 is 24.0. The number of rotatable bonds is 8. The minimum Gasteiger partial charge on any atom is -0.356 e. The van der Waals surface area contributed by atoms with E-state index in [2.05, 4.69) is 20.8 Å². The van der Waals surface area contributed by atoms with Gasteiger partial charge in [-0.2, -0.15) is 0 Å². The Hall–Kier alpha value is -2.14. The number of sulfone groups is 1. The number of nitrogens with zero attached hydrogens (tertiary/aromatic N) is 2. The molecule has 7 nitrogen and oxygen atoms in total. The highest BCUT2D eigenvalue weighted by atomic mass is 35.5. The molecule has 1 heterocycles. The molecule has 3 aromatic rings. The molecule has 1 amide bonds. The second-order valence-corrected chi connectivity index (χ2v) is 10.6. The van der Waals surface area contributed by atoms with Crippen molar-refractivity contribution in [3.8, 4) is 0 Å². The number of aromatic nitrogens is 2. The molecule has 0 fully saturated rings. The van der Waals surface area contributed by atoms with Crippen LogP contribution in [0.1, 0.15) is 5.56 Å². The Morgan fingerprint density at radius 3 is 2.66 bits per heavy atom. The summed E-state index contributed by atoms with van der Waals surface area (Å²) in [5.74, 6) is -0.233. The number of nitrogens with one attached hydrogen (secondary N) is 2. The number of carbonyl (C=O) groups excluding carboxylic acids is 1. The second kappa shape index (κ2) is 9.57. The highest BCUT2D eigenvalue weighted by Crippen LogP contribution is 2.28. The summed E-state index contributed by atoms with van der Waals surface area (Å²) in [6.07, 6.45) is 1.09. The Bertz CT molecular complexity index is 1100. The number of hydrogen-bond donors (Lipinski definition) is 2. The standard InChI is InChI=1S/C18H17ClN4O3S3/c1-29(25,26)13-7-8-14(19)15(9-13)21-16(24)11-27-18-23-22-17(28-18)20-10-12-5-3-2-4-6-12/h2-9H,10-11H2,1H3,(H,20,22)(H,21,24). The van der Waals surface area contributed by atoms with Gasteiger partial charge in [0.05, 0.1) is 21.4 Å². The van der Waals surface area contributed by atoms with Crippen LogP contribution in [-0.4, -0.2) is 36.5 Å². The van der Waals surface area contributed by atoms with E-state index in [9.17, 15) is 13.2 Å². The molecular weight excluding hydrogens is 452 g/mol. The Morgan fingerprint density at radius 1 is 1.17 bits per heavy atom. The summed E-state index contributed by atoms with van der Waals surface area (Å²) in [5, 5.41) is 14.9. The third kappa shape index (κ3) is 6.43. The van der Waals surface area contributed by atoms with Crippen molar-refractivity contribution in [2.45, 2.75) is 15.8 Å². The van der Waals surface area contributed by atoms with E-state index in [-0.39, 0.29) is 27.3 Å². The van der Waals surface area contributed by atoms with Gasteiger partial charge in [-0.15, -0.1) is 10.2 Å². The van der Waals surface area contributed by atoms with E-state index in [1.807, 2.05) is 30.3 Å². The molecule has 0 unspecified atom stereocenters. The molecule has 0 saturated carbocycles. The van der Waals surface area contributed by atoms with Crippen molar-refractivity contribution in [1.29, 1.82) is 0 Å². The van der Waals surface area contributed by atoms with Crippen LogP contribution in [0.4, 0.5) is 10.8 Å². The lowest BCUT2D eigenvalue weighted by Gasteiger charge is -2.08. The molecule has 0 spiro atoms. The number of anilines is 2. The van der Waals surface area contributed by atoms with Crippen LogP contribution in [0.5, 0.6) is 0 Å². The Kier molecular flexibility index (Phi) is 7.12. The molecule has 0 aliphatic rings. The fraction of sp³-hybridized carbons (Fsp3) is 0.167. The van der Waals surface area contributed by atoms with Gasteiger partial charge in [0.2, 0.25) is 11.0 Å². The third-order valence-corrected chi connectivity index (χ3v) is 7.11. The summed E-state index contributed by atoms with van der Waals surface area (Å²) in [6.45, 7) is 0.635. The van der Waals surface area contributed by atoms with Crippen LogP contribution in [0.2, 0.25) is 5.02 Å². The number of thioether (sulfide) groups is 1. The van der Waals surface area contributed by atoms with Crippen LogP contribution in [0.25, 0.3) is 0 Å². The third-order valence-electron chi connectivity index (χ3n) is 3.66. The first-order valence-corrected chi connectivity index (χ1v) is 12.4. The van der Waals surface area contributed by atoms with Crippen molar-refractivity contribution < 1.29 is 13.2 Å². The molecule has 2 N–H and O–H groups in total. The van der Waals surface area contributed by atoms with Crippen LogP contribution in [0, 0.1) is 0 Å². The normalized spacial score (nSPS) is 11.2. The molecule has 0 aliphatic carbocycles. The predicted octanol–water partition coefficient (Wildman–Crippen LogP) is 3.94. The molecule has 29 heavy (non-hydrogen) atoms. The lowest BCUT2D eigenvalue weighted by atomic mass is 10.2. The van der Waals surface area contributed by atoms with Gasteiger partial charge < -0.3 is 10.6 Å². The topological polar surface area (TPSA) is 101 Å². The van der Waals surface area contributed by atoms with E-state index in [1.165, 1.54) is 41.3 Å². The van der Waals surface area contributed by atoms with Crippen LogP contribution >= 0.6 is 34.7 Å². The largest absolute Gasteiger partial charge is 0.356 e. The fourth-order valence-electron chi connectivity index (χ4n) is 2.26. The quantitative estimate of drug-likeness (QED) is 0.483. The van der Waals surface area contributed by atoms with Gasteiger partial charge in [-0.1, -0.05) is 65.0 Å². The smallest absolute Gasteiger partial charge is 0.234 e. The van der Waals surface area contributed by atoms with Crippen molar-refractivity contribution in [3.05, 3.63) is 59.1 Å². The molecule has 3 rings (SSSR count). The first-order chi connectivity index (χ1) is 13.8. The highest BCUT2D eigenvalue weighted by molar-refractivity contribution is 8.01. The molecule has 152 valence electrons. The zero-order chi connectivity index (χ0) is 20.9. The predicted molar refractivity (Wildman–Crippen MR) is 118 cm³/mol. The van der Waals surface area contributed by atoms with Gasteiger partial charge in [0, 0.05) is 12.8 Å². The average molecular weight is 469 g/mol. The number of hydrogen-bond acceptors (Lipinski definition) is 8. The first-order valence-electron chi connectivity index (χ1n) is 8.35. The lowest BCUT2D eigenvalue weighted by Crippen LogP contribution is -2.14. The van der Waals surface area contributed by atoms with Crippen LogP contribution in [0.15, 0.2) is 57.8 Å². The molecular formula is C18H17ClN4O3S3. The minimum atomic E-state index is -3.39. The van der Waals surface area contributed by atoms with Gasteiger partial charge >= 0.3 is 0 Å². The van der Waals surface area contributed by atoms with Gasteiger partial charge in [0.25, 0.3) is 0 Å². The van der Waals surface area contributed by atoms with Crippen LogP contribution in [-0.2, 0) is 21.2 Å². The SMILES string of the molecule is CS(=O)(=O)c1ccc(Cl)c(NC(=O)CSc2nnc(NCc3ccccc3)s2)c1. The number of halogens is 1. The van der Waals surface area contributed by atoms with Gasteiger partial charge in [-0.3, -0.25) is 4.79 Å². The maximum Gasteiger partial charge on any atom is 0.234 e. The summed E-state index contributed by atoms with van der Waals surface area (Å²) in [7, 11) is -3.39. The average Bonchev–Trinajstić information content (AvgIpc) is 3.14. The molecule has 0 radical (unpaired) electrons. The highest BCUT2D eigenvalue weighted by Gasteiger charge is 2.13.